The van der Waals surface area contributed by atoms with Gasteiger partial charge in [-0.3, -0.25) is 13.8 Å². The highest BCUT2D eigenvalue weighted by Gasteiger charge is 2.25. The Hall–Kier alpha value is -1.18. The maximum atomic E-state index is 12.5. The molecule has 0 amide bonds. The summed E-state index contributed by atoms with van der Waals surface area (Å²) in [7, 11) is -4.29. The molecule has 296 valence electrons. The van der Waals surface area contributed by atoms with Crippen molar-refractivity contribution in [2.45, 2.75) is 206 Å². The van der Waals surface area contributed by atoms with Gasteiger partial charge in [-0.25, -0.2) is 4.57 Å². The van der Waals surface area contributed by atoms with Gasteiger partial charge in [0.25, 0.3) is 0 Å². The monoisotopic (exact) mass is 730 g/mol. The second-order valence-corrected chi connectivity index (χ2v) is 15.4. The molecule has 9 heteroatoms. The van der Waals surface area contributed by atoms with E-state index in [1.54, 1.807) is 6.26 Å². The smallest absolute Gasteiger partial charge is 0.472 e. The summed E-state index contributed by atoms with van der Waals surface area (Å²) in [5.41, 5.74) is 5.36. The van der Waals surface area contributed by atoms with Gasteiger partial charge in [0.2, 0.25) is 0 Å². The molecular formula is C41H80NO7P. The van der Waals surface area contributed by atoms with Gasteiger partial charge in [0, 0.05) is 13.0 Å². The summed E-state index contributed by atoms with van der Waals surface area (Å²) in [5, 5.41) is 0. The number of hydrogen-bond acceptors (Lipinski definition) is 7. The van der Waals surface area contributed by atoms with Gasteiger partial charge in [-0.15, -0.1) is 0 Å². The lowest BCUT2D eigenvalue weighted by molar-refractivity contribution is -0.153. The molecule has 0 spiro atoms. The molecule has 0 saturated heterocycles. The van der Waals surface area contributed by atoms with E-state index >= 15 is 0 Å². The number of rotatable bonds is 40. The molecule has 0 aromatic rings. The number of phosphoric acid groups is 1. The summed E-state index contributed by atoms with van der Waals surface area (Å²) in [5.74, 6) is -0.359. The molecule has 8 nitrogen and oxygen atoms in total. The van der Waals surface area contributed by atoms with Crippen molar-refractivity contribution in [2.75, 3.05) is 26.4 Å². The molecule has 1 unspecified atom stereocenters. The molecule has 0 aromatic carbocycles. The number of nitrogens with two attached hydrogens (primary N) is 1. The molecule has 3 N–H and O–H groups in total. The Morgan fingerprint density at radius 2 is 1.02 bits per heavy atom. The van der Waals surface area contributed by atoms with Gasteiger partial charge in [0.05, 0.1) is 19.5 Å². The Morgan fingerprint density at radius 3 is 1.48 bits per heavy atom. The van der Waals surface area contributed by atoms with Crippen LogP contribution in [0.15, 0.2) is 24.5 Å². The van der Waals surface area contributed by atoms with Crippen molar-refractivity contribution < 1.29 is 32.8 Å². The third-order valence-electron chi connectivity index (χ3n) is 8.94. The van der Waals surface area contributed by atoms with Crippen LogP contribution < -0.4 is 5.73 Å². The van der Waals surface area contributed by atoms with Gasteiger partial charge in [-0.2, -0.15) is 0 Å². The van der Waals surface area contributed by atoms with E-state index in [1.165, 1.54) is 135 Å². The summed E-state index contributed by atoms with van der Waals surface area (Å²) in [6.45, 7) is 4.24. The van der Waals surface area contributed by atoms with Crippen LogP contribution in [0.4, 0.5) is 0 Å². The van der Waals surface area contributed by atoms with Crippen molar-refractivity contribution in [3.63, 3.8) is 0 Å². The lowest BCUT2D eigenvalue weighted by Crippen LogP contribution is -2.27. The predicted octanol–water partition coefficient (Wildman–Crippen LogP) is 12.4. The first-order valence-corrected chi connectivity index (χ1v) is 22.4. The summed E-state index contributed by atoms with van der Waals surface area (Å²) in [6, 6.07) is 0. The molecule has 0 radical (unpaired) electrons. The van der Waals surface area contributed by atoms with Crippen molar-refractivity contribution in [3.8, 4) is 0 Å². The lowest BCUT2D eigenvalue weighted by atomic mass is 10.0. The third-order valence-corrected chi connectivity index (χ3v) is 9.92. The SMILES string of the molecule is CCCCCCCC/C=C\CCCCCCCC(=O)O[C@H](CO/C=C/CCCCCCCCCCCCCCCC)COP(=O)(O)OCCN. The van der Waals surface area contributed by atoms with Gasteiger partial charge in [-0.1, -0.05) is 161 Å². The lowest BCUT2D eigenvalue weighted by Gasteiger charge is -2.19. The molecule has 0 heterocycles. The largest absolute Gasteiger partial charge is 0.498 e. The van der Waals surface area contributed by atoms with E-state index in [0.29, 0.717) is 6.42 Å². The molecule has 0 fully saturated rings. The minimum absolute atomic E-state index is 0.0320. The predicted molar refractivity (Wildman–Crippen MR) is 210 cm³/mol. The van der Waals surface area contributed by atoms with E-state index in [2.05, 4.69) is 26.0 Å². The summed E-state index contributed by atoms with van der Waals surface area (Å²) >= 11 is 0. The average molecular weight is 730 g/mol. The molecule has 0 rings (SSSR count). The molecule has 50 heavy (non-hydrogen) atoms. The number of hydrogen-bond donors (Lipinski definition) is 2. The first kappa shape index (κ1) is 48.8. The molecule has 0 bridgehead atoms. The van der Waals surface area contributed by atoms with Crippen LogP contribution in [0, 0.1) is 0 Å². The number of carbonyl (C=O) groups is 1. The Bertz CT molecular complexity index is 823. The van der Waals surface area contributed by atoms with Crippen LogP contribution in [0.2, 0.25) is 0 Å². The number of ether oxygens (including phenoxy) is 2. The van der Waals surface area contributed by atoms with Crippen LogP contribution >= 0.6 is 7.82 Å². The van der Waals surface area contributed by atoms with Crippen molar-refractivity contribution >= 4 is 13.8 Å². The van der Waals surface area contributed by atoms with Gasteiger partial charge in [-0.05, 0) is 51.0 Å². The number of unbranched alkanes of at least 4 members (excludes halogenated alkanes) is 25. The normalized spacial score (nSPS) is 13.7. The third kappa shape index (κ3) is 38.1. The first-order valence-electron chi connectivity index (χ1n) is 20.9. The van der Waals surface area contributed by atoms with E-state index in [4.69, 9.17) is 24.3 Å². The minimum Gasteiger partial charge on any atom is -0.498 e. The minimum atomic E-state index is -4.29. The second-order valence-electron chi connectivity index (χ2n) is 13.9. The maximum Gasteiger partial charge on any atom is 0.472 e. The summed E-state index contributed by atoms with van der Waals surface area (Å²) < 4.78 is 33.1. The highest BCUT2D eigenvalue weighted by molar-refractivity contribution is 7.47. The van der Waals surface area contributed by atoms with E-state index < -0.39 is 13.9 Å². The van der Waals surface area contributed by atoms with Crippen molar-refractivity contribution in [1.82, 2.24) is 0 Å². The quantitative estimate of drug-likeness (QED) is 0.0210. The van der Waals surface area contributed by atoms with Crippen molar-refractivity contribution in [3.05, 3.63) is 24.5 Å². The van der Waals surface area contributed by atoms with Gasteiger partial charge in [0.15, 0.2) is 6.10 Å². The Kier molecular flexibility index (Phi) is 38.1. The molecule has 0 aliphatic heterocycles. The maximum absolute atomic E-state index is 12.5. The number of esters is 1. The Labute approximate surface area is 308 Å². The van der Waals surface area contributed by atoms with Crippen LogP contribution in [0.3, 0.4) is 0 Å². The van der Waals surface area contributed by atoms with Crippen LogP contribution in [-0.2, 0) is 27.9 Å². The number of carbonyl (C=O) groups excluding carboxylic acids is 1. The second kappa shape index (κ2) is 39.0. The molecule has 0 aliphatic rings. The van der Waals surface area contributed by atoms with Gasteiger partial charge in [0.1, 0.15) is 6.61 Å². The number of phosphoric ester groups is 1. The average Bonchev–Trinajstić information content (AvgIpc) is 3.10. The standard InChI is InChI=1S/C41H80NO7P/c1-3-5-7-9-11-13-15-17-19-21-23-25-27-29-31-33-36-46-38-40(39-48-50(44,45)47-37-35-42)49-41(43)34-32-30-28-26-24-22-20-18-16-14-12-10-8-6-4-2/h18,20,33,36,40H,3-17,19,21-32,34-35,37-39,42H2,1-2H3,(H,44,45)/b20-18-,36-33+/t40-/m1/s1. The molecule has 0 aliphatic carbocycles. The van der Waals surface area contributed by atoms with Crippen LogP contribution in [0.25, 0.3) is 0 Å². The Morgan fingerprint density at radius 1 is 0.600 bits per heavy atom. The summed E-state index contributed by atoms with van der Waals surface area (Å²) in [4.78, 5) is 22.4. The van der Waals surface area contributed by atoms with Gasteiger partial charge < -0.3 is 20.1 Å². The number of allylic oxidation sites excluding steroid dienone is 3. The summed E-state index contributed by atoms with van der Waals surface area (Å²) in [6.07, 6.45) is 42.8. The van der Waals surface area contributed by atoms with Gasteiger partial charge >= 0.3 is 13.8 Å². The van der Waals surface area contributed by atoms with Crippen LogP contribution in [0.1, 0.15) is 200 Å². The van der Waals surface area contributed by atoms with E-state index in [-0.39, 0.29) is 32.3 Å². The zero-order chi connectivity index (χ0) is 36.6. The molecule has 0 aromatic heterocycles. The molecule has 0 saturated carbocycles. The molecule has 2 atom stereocenters. The fraction of sp³-hybridized carbons (Fsp3) is 0.878. The van der Waals surface area contributed by atoms with E-state index in [9.17, 15) is 14.3 Å². The van der Waals surface area contributed by atoms with Crippen molar-refractivity contribution in [1.29, 1.82) is 0 Å². The van der Waals surface area contributed by atoms with E-state index in [1.807, 2.05) is 6.08 Å². The zero-order valence-electron chi connectivity index (χ0n) is 32.6. The first-order chi connectivity index (χ1) is 24.4. The highest BCUT2D eigenvalue weighted by atomic mass is 31.2. The fourth-order valence-electron chi connectivity index (χ4n) is 5.84. The fourth-order valence-corrected chi connectivity index (χ4v) is 6.60. The van der Waals surface area contributed by atoms with Crippen LogP contribution in [0.5, 0.6) is 0 Å². The molecular weight excluding hydrogens is 649 g/mol. The van der Waals surface area contributed by atoms with E-state index in [0.717, 1.165) is 44.9 Å². The Balaban J connectivity index is 4.10. The van der Waals surface area contributed by atoms with Crippen LogP contribution in [-0.4, -0.2) is 43.3 Å². The van der Waals surface area contributed by atoms with Crippen molar-refractivity contribution in [2.24, 2.45) is 5.73 Å². The topological polar surface area (TPSA) is 117 Å². The zero-order valence-corrected chi connectivity index (χ0v) is 33.5. The highest BCUT2D eigenvalue weighted by Crippen LogP contribution is 2.43.